The minimum atomic E-state index is -3.29. The zero-order valence-corrected chi connectivity index (χ0v) is 21.3. The van der Waals surface area contributed by atoms with Crippen molar-refractivity contribution >= 4 is 25.5 Å². The summed E-state index contributed by atoms with van der Waals surface area (Å²) in [5.41, 5.74) is 1.20. The highest BCUT2D eigenvalue weighted by molar-refractivity contribution is 7.59. The van der Waals surface area contributed by atoms with E-state index < -0.39 is 36.8 Å². The van der Waals surface area contributed by atoms with E-state index in [9.17, 15) is 18.9 Å². The Balaban J connectivity index is 2.02. The van der Waals surface area contributed by atoms with Crippen molar-refractivity contribution in [1.29, 1.82) is 0 Å². The van der Waals surface area contributed by atoms with Crippen LogP contribution in [0.4, 0.5) is 9.59 Å². The molecule has 2 amide bonds. The standard InChI is InChI=1S/C24H37NO8P/c1-4-30-24(28)32-19-31-23(27)25(16-11-12-20(25)3)22(26)18-34(29,33-5-2)17-10-9-15-21-13-7-6-8-14-21/h6-8,13-14,20H,4-5,9-12,15-19H2,1-3H3/q+1/t20-,25?,34?/m1/s1. The molecule has 3 atom stereocenters. The van der Waals surface area contributed by atoms with Gasteiger partial charge in [-0.25, -0.2) is 9.59 Å². The number of ether oxygens (including phenoxy) is 3. The van der Waals surface area contributed by atoms with Gasteiger partial charge in [-0.15, -0.1) is 0 Å². The number of hydrogen-bond donors (Lipinski definition) is 0. The third-order valence-corrected chi connectivity index (χ3v) is 8.55. The van der Waals surface area contributed by atoms with E-state index in [1.807, 2.05) is 30.3 Å². The van der Waals surface area contributed by atoms with Crippen LogP contribution in [0.3, 0.4) is 0 Å². The molecule has 2 rings (SSSR count). The Kier molecular flexibility index (Phi) is 11.2. The number of likely N-dealkylation sites (tertiary alicyclic amines) is 1. The highest BCUT2D eigenvalue weighted by atomic mass is 31.2. The molecule has 1 heterocycles. The molecule has 1 aromatic carbocycles. The van der Waals surface area contributed by atoms with Crippen LogP contribution in [0.2, 0.25) is 0 Å². The molecule has 9 nitrogen and oxygen atoms in total. The Bertz CT molecular complexity index is 862. The zero-order chi connectivity index (χ0) is 25.0. The van der Waals surface area contributed by atoms with E-state index in [2.05, 4.69) is 4.74 Å². The lowest BCUT2D eigenvalue weighted by Gasteiger charge is -2.32. The van der Waals surface area contributed by atoms with Crippen LogP contribution in [-0.2, 0) is 34.5 Å². The van der Waals surface area contributed by atoms with E-state index >= 15 is 0 Å². The molecule has 1 saturated heterocycles. The van der Waals surface area contributed by atoms with Gasteiger partial charge in [0.1, 0.15) is 12.2 Å². The molecular formula is C24H37NO8P+. The van der Waals surface area contributed by atoms with E-state index in [4.69, 9.17) is 14.0 Å². The molecule has 2 unspecified atom stereocenters. The summed E-state index contributed by atoms with van der Waals surface area (Å²) >= 11 is 0. The second kappa shape index (κ2) is 13.6. The fraction of sp³-hybridized carbons (Fsp3) is 0.625. The van der Waals surface area contributed by atoms with Crippen molar-refractivity contribution in [3.8, 4) is 0 Å². The summed E-state index contributed by atoms with van der Waals surface area (Å²) in [5, 5.41) is 0. The second-order valence-corrected chi connectivity index (χ2v) is 11.0. The first-order valence-corrected chi connectivity index (χ1v) is 13.9. The van der Waals surface area contributed by atoms with Gasteiger partial charge in [0.15, 0.2) is 0 Å². The molecule has 0 aromatic heterocycles. The molecule has 1 aromatic rings. The number of hydrogen-bond acceptors (Lipinski definition) is 8. The third-order valence-electron chi connectivity index (χ3n) is 6.07. The number of nitrogens with zero attached hydrogens (tertiary/aromatic N) is 1. The Labute approximate surface area is 201 Å². The van der Waals surface area contributed by atoms with Gasteiger partial charge in [0, 0.05) is 19.0 Å². The lowest BCUT2D eigenvalue weighted by atomic mass is 10.1. The highest BCUT2D eigenvalue weighted by Gasteiger charge is 2.55. The van der Waals surface area contributed by atoms with Crippen molar-refractivity contribution in [3.63, 3.8) is 0 Å². The van der Waals surface area contributed by atoms with E-state index in [0.29, 0.717) is 19.3 Å². The van der Waals surface area contributed by atoms with Gasteiger partial charge in [-0.3, -0.25) is 4.57 Å². The number of carbonyl (C=O) groups is 3. The molecule has 0 aliphatic carbocycles. The lowest BCUT2D eigenvalue weighted by molar-refractivity contribution is -0.792. The number of quaternary nitrogens is 1. The number of rotatable bonds is 12. The maximum atomic E-state index is 13.5. The van der Waals surface area contributed by atoms with E-state index in [-0.39, 0.29) is 38.1 Å². The molecule has 0 radical (unpaired) electrons. The number of imide groups is 1. The van der Waals surface area contributed by atoms with Gasteiger partial charge in [0.2, 0.25) is 14.2 Å². The number of amides is 2. The quantitative estimate of drug-likeness (QED) is 0.129. The Morgan fingerprint density at radius 1 is 1.03 bits per heavy atom. The van der Waals surface area contributed by atoms with Crippen LogP contribution in [0.25, 0.3) is 0 Å². The first kappa shape index (κ1) is 28.0. The highest BCUT2D eigenvalue weighted by Crippen LogP contribution is 2.49. The summed E-state index contributed by atoms with van der Waals surface area (Å²) in [6.45, 7) is 5.10. The van der Waals surface area contributed by atoms with Crippen LogP contribution in [0, 0.1) is 0 Å². The molecule has 0 spiro atoms. The van der Waals surface area contributed by atoms with Crippen LogP contribution in [0.5, 0.6) is 0 Å². The monoisotopic (exact) mass is 498 g/mol. The van der Waals surface area contributed by atoms with E-state index in [1.165, 1.54) is 5.56 Å². The maximum Gasteiger partial charge on any atom is 0.526 e. The average molecular weight is 499 g/mol. The van der Waals surface area contributed by atoms with Gasteiger partial charge in [0.05, 0.1) is 19.8 Å². The summed E-state index contributed by atoms with van der Waals surface area (Å²) in [6, 6.07) is 9.68. The zero-order valence-electron chi connectivity index (χ0n) is 20.4. The second-order valence-electron chi connectivity index (χ2n) is 8.39. The van der Waals surface area contributed by atoms with Gasteiger partial charge >= 0.3 is 18.2 Å². The van der Waals surface area contributed by atoms with E-state index in [0.717, 1.165) is 12.8 Å². The molecule has 0 saturated carbocycles. The van der Waals surface area contributed by atoms with Crippen molar-refractivity contribution in [2.75, 3.05) is 38.9 Å². The van der Waals surface area contributed by atoms with E-state index in [1.54, 1.807) is 20.8 Å². The average Bonchev–Trinajstić information content (AvgIpc) is 3.20. The number of benzene rings is 1. The smallest absolute Gasteiger partial charge is 0.435 e. The van der Waals surface area contributed by atoms with Gasteiger partial charge in [0.25, 0.3) is 0 Å². The first-order valence-electron chi connectivity index (χ1n) is 11.9. The minimum Gasteiger partial charge on any atom is -0.435 e. The first-order chi connectivity index (χ1) is 16.3. The largest absolute Gasteiger partial charge is 0.526 e. The number of unbranched alkanes of at least 4 members (excludes halogenated alkanes) is 1. The van der Waals surface area contributed by atoms with Crippen molar-refractivity contribution in [2.24, 2.45) is 0 Å². The number of aryl methyl sites for hydroxylation is 1. The van der Waals surface area contributed by atoms with Crippen molar-refractivity contribution < 1.29 is 42.2 Å². The third kappa shape index (κ3) is 7.65. The SMILES string of the molecule is CCOC(=O)OCOC(=O)[N+]1(C(=O)CP(=O)(CCCCc2ccccc2)OCC)CCC[C@H]1C. The summed E-state index contributed by atoms with van der Waals surface area (Å²) in [5.74, 6) is -0.481. The maximum absolute atomic E-state index is 13.5. The molecule has 0 bridgehead atoms. The Hall–Kier alpha value is -2.22. The molecule has 1 aliphatic rings. The van der Waals surface area contributed by atoms with Crippen LogP contribution in [0.15, 0.2) is 30.3 Å². The van der Waals surface area contributed by atoms with Crippen LogP contribution in [-0.4, -0.2) is 67.6 Å². The fourth-order valence-corrected chi connectivity index (χ4v) is 6.53. The Morgan fingerprint density at radius 2 is 1.76 bits per heavy atom. The van der Waals surface area contributed by atoms with Crippen LogP contribution in [0.1, 0.15) is 52.0 Å². The lowest BCUT2D eigenvalue weighted by Crippen LogP contribution is -2.60. The molecule has 1 fully saturated rings. The molecule has 34 heavy (non-hydrogen) atoms. The summed E-state index contributed by atoms with van der Waals surface area (Å²) in [4.78, 5) is 37.8. The summed E-state index contributed by atoms with van der Waals surface area (Å²) < 4.78 is 33.0. The molecule has 10 heteroatoms. The minimum absolute atomic E-state index is 0.125. The van der Waals surface area contributed by atoms with Crippen molar-refractivity contribution in [3.05, 3.63) is 35.9 Å². The normalized spacial score (nSPS) is 21.4. The topological polar surface area (TPSA) is 105 Å². The van der Waals surface area contributed by atoms with Gasteiger partial charge < -0.3 is 18.7 Å². The summed E-state index contributed by atoms with van der Waals surface area (Å²) in [6.07, 6.45) is 1.78. The van der Waals surface area contributed by atoms with Gasteiger partial charge in [-0.2, -0.15) is 9.28 Å². The predicted molar refractivity (Wildman–Crippen MR) is 127 cm³/mol. The van der Waals surface area contributed by atoms with Crippen LogP contribution >= 0.6 is 7.37 Å². The van der Waals surface area contributed by atoms with Crippen molar-refractivity contribution in [1.82, 2.24) is 0 Å². The van der Waals surface area contributed by atoms with Gasteiger partial charge in [-0.05, 0) is 45.6 Å². The molecule has 190 valence electrons. The van der Waals surface area contributed by atoms with Crippen LogP contribution < -0.4 is 0 Å². The predicted octanol–water partition coefficient (Wildman–Crippen LogP) is 5.12. The van der Waals surface area contributed by atoms with Gasteiger partial charge in [-0.1, -0.05) is 30.3 Å². The molecule has 0 N–H and O–H groups in total. The molecular weight excluding hydrogens is 461 g/mol. The van der Waals surface area contributed by atoms with Crippen molar-refractivity contribution in [2.45, 2.75) is 58.9 Å². The molecule has 1 aliphatic heterocycles. The summed E-state index contributed by atoms with van der Waals surface area (Å²) in [7, 11) is -3.29. The number of carbonyl (C=O) groups excluding carboxylic acids is 3. The fourth-order valence-electron chi connectivity index (χ4n) is 4.31. The Morgan fingerprint density at radius 3 is 2.38 bits per heavy atom.